The summed E-state index contributed by atoms with van der Waals surface area (Å²) in [6.45, 7) is 3.73. The summed E-state index contributed by atoms with van der Waals surface area (Å²) in [5, 5.41) is 3.48. The van der Waals surface area contributed by atoms with E-state index in [1.165, 1.54) is 19.3 Å². The molecule has 2 fully saturated rings. The molecule has 6 heteroatoms. The summed E-state index contributed by atoms with van der Waals surface area (Å²) in [6, 6.07) is 9.97. The molecule has 0 spiro atoms. The lowest BCUT2D eigenvalue weighted by Crippen LogP contribution is -2.29. The molecule has 0 aliphatic heterocycles. The first kappa shape index (κ1) is 19.3. The van der Waals surface area contributed by atoms with Crippen LogP contribution < -0.4 is 10.1 Å². The average Bonchev–Trinajstić information content (AvgIpc) is 3.59. The van der Waals surface area contributed by atoms with E-state index in [4.69, 9.17) is 20.8 Å². The van der Waals surface area contributed by atoms with Crippen LogP contribution in [0.25, 0.3) is 0 Å². The molecule has 1 N–H and O–H groups in total. The van der Waals surface area contributed by atoms with Crippen molar-refractivity contribution in [2.24, 2.45) is 5.92 Å². The maximum absolute atomic E-state index is 12.5. The highest BCUT2D eigenvalue weighted by atomic mass is 35.5. The Bertz CT molecular complexity index is 846. The molecule has 1 aromatic carbocycles. The van der Waals surface area contributed by atoms with Crippen LogP contribution in [0.15, 0.2) is 34.7 Å². The molecule has 0 saturated heterocycles. The summed E-state index contributed by atoms with van der Waals surface area (Å²) in [7, 11) is 1.58. The monoisotopic (exact) mass is 402 g/mol. The van der Waals surface area contributed by atoms with Crippen LogP contribution >= 0.6 is 11.6 Å². The minimum atomic E-state index is -0.0434. The second-order valence-corrected chi connectivity index (χ2v) is 8.40. The van der Waals surface area contributed by atoms with E-state index in [0.717, 1.165) is 24.0 Å². The van der Waals surface area contributed by atoms with E-state index < -0.39 is 0 Å². The zero-order chi connectivity index (χ0) is 19.7. The fourth-order valence-corrected chi connectivity index (χ4v) is 3.84. The van der Waals surface area contributed by atoms with Crippen molar-refractivity contribution >= 4 is 23.2 Å². The molecule has 1 heterocycles. The van der Waals surface area contributed by atoms with Gasteiger partial charge in [-0.25, -0.2) is 0 Å². The topological polar surface area (TPSA) is 54.7 Å². The molecule has 2 aromatic rings. The minimum Gasteiger partial charge on any atom is -0.495 e. The van der Waals surface area contributed by atoms with Crippen LogP contribution in [0.4, 0.5) is 5.69 Å². The molecular weight excluding hydrogens is 376 g/mol. The predicted molar refractivity (Wildman–Crippen MR) is 110 cm³/mol. The molecule has 2 aliphatic rings. The smallest absolute Gasteiger partial charge is 0.225 e. The van der Waals surface area contributed by atoms with Gasteiger partial charge in [0.1, 0.15) is 17.3 Å². The van der Waals surface area contributed by atoms with Crippen LogP contribution in [-0.4, -0.2) is 30.5 Å². The van der Waals surface area contributed by atoms with Gasteiger partial charge in [0.05, 0.1) is 19.3 Å². The van der Waals surface area contributed by atoms with Gasteiger partial charge in [0.25, 0.3) is 0 Å². The first-order chi connectivity index (χ1) is 13.5. The standard InChI is InChI=1S/C22H27ClN2O3/c1-14-11-18(14)20-8-6-17(28-20)13-25(16-4-5-16)10-9-22(26)24-19-12-15(23)3-7-21(19)27-2/h3,6-8,12,14,16,18H,4-5,9-11,13H2,1-2H3,(H,24,26). The maximum atomic E-state index is 12.5. The Morgan fingerprint density at radius 3 is 2.79 bits per heavy atom. The Morgan fingerprint density at radius 1 is 1.32 bits per heavy atom. The van der Waals surface area contributed by atoms with E-state index in [1.54, 1.807) is 25.3 Å². The Kier molecular flexibility index (Phi) is 5.65. The van der Waals surface area contributed by atoms with Gasteiger partial charge in [-0.2, -0.15) is 0 Å². The predicted octanol–water partition coefficient (Wildman–Crippen LogP) is 5.06. The van der Waals surface area contributed by atoms with Crippen LogP contribution in [0, 0.1) is 5.92 Å². The maximum Gasteiger partial charge on any atom is 0.225 e. The minimum absolute atomic E-state index is 0.0434. The summed E-state index contributed by atoms with van der Waals surface area (Å²) < 4.78 is 11.4. The van der Waals surface area contributed by atoms with Gasteiger partial charge in [-0.3, -0.25) is 9.69 Å². The molecule has 0 radical (unpaired) electrons. The zero-order valence-electron chi connectivity index (χ0n) is 16.4. The van der Waals surface area contributed by atoms with Gasteiger partial charge >= 0.3 is 0 Å². The highest BCUT2D eigenvalue weighted by molar-refractivity contribution is 6.31. The second kappa shape index (κ2) is 8.18. The first-order valence-electron chi connectivity index (χ1n) is 9.99. The van der Waals surface area contributed by atoms with E-state index in [9.17, 15) is 4.79 Å². The molecule has 28 heavy (non-hydrogen) atoms. The Labute approximate surface area is 171 Å². The molecule has 150 valence electrons. The quantitative estimate of drug-likeness (QED) is 0.637. The van der Waals surface area contributed by atoms with Crippen LogP contribution in [0.1, 0.15) is 50.0 Å². The van der Waals surface area contributed by atoms with Crippen LogP contribution in [0.3, 0.4) is 0 Å². The molecule has 1 aromatic heterocycles. The number of amides is 1. The lowest BCUT2D eigenvalue weighted by atomic mass is 10.2. The number of nitrogens with zero attached hydrogens (tertiary/aromatic N) is 1. The number of hydrogen-bond acceptors (Lipinski definition) is 4. The zero-order valence-corrected chi connectivity index (χ0v) is 17.2. The fourth-order valence-electron chi connectivity index (χ4n) is 3.66. The molecule has 4 rings (SSSR count). The normalized spacial score (nSPS) is 21.0. The summed E-state index contributed by atoms with van der Waals surface area (Å²) in [6.07, 6.45) is 4.03. The van der Waals surface area contributed by atoms with Crippen LogP contribution in [0.2, 0.25) is 5.02 Å². The number of halogens is 1. The summed E-state index contributed by atoms with van der Waals surface area (Å²) in [4.78, 5) is 14.8. The van der Waals surface area contributed by atoms with Crippen molar-refractivity contribution in [2.75, 3.05) is 19.0 Å². The molecule has 0 bridgehead atoms. The Morgan fingerprint density at radius 2 is 2.11 bits per heavy atom. The summed E-state index contributed by atoms with van der Waals surface area (Å²) >= 11 is 6.04. The van der Waals surface area contributed by atoms with Crippen LogP contribution in [-0.2, 0) is 11.3 Å². The third-order valence-corrected chi connectivity index (χ3v) is 5.88. The lowest BCUT2D eigenvalue weighted by Gasteiger charge is -2.20. The number of hydrogen-bond donors (Lipinski definition) is 1. The molecule has 5 nitrogen and oxygen atoms in total. The van der Waals surface area contributed by atoms with E-state index in [-0.39, 0.29) is 5.91 Å². The van der Waals surface area contributed by atoms with Gasteiger partial charge in [-0.15, -0.1) is 0 Å². The number of furan rings is 1. The summed E-state index contributed by atoms with van der Waals surface area (Å²) in [5.74, 6) is 4.02. The number of benzene rings is 1. The number of carbonyl (C=O) groups is 1. The van der Waals surface area contributed by atoms with Crippen LogP contribution in [0.5, 0.6) is 5.75 Å². The van der Waals surface area contributed by atoms with Crippen molar-refractivity contribution in [2.45, 2.75) is 51.1 Å². The number of rotatable bonds is 9. The largest absolute Gasteiger partial charge is 0.495 e. The fraction of sp³-hybridized carbons (Fsp3) is 0.500. The highest BCUT2D eigenvalue weighted by Gasteiger charge is 2.37. The van der Waals surface area contributed by atoms with Crippen molar-refractivity contribution in [3.05, 3.63) is 46.9 Å². The number of methoxy groups -OCH3 is 1. The Balaban J connectivity index is 1.32. The number of carbonyl (C=O) groups excluding carboxylic acids is 1. The number of nitrogens with one attached hydrogen (secondary N) is 1. The molecule has 2 aliphatic carbocycles. The van der Waals surface area contributed by atoms with Gasteiger partial charge in [0.2, 0.25) is 5.91 Å². The van der Waals surface area contributed by atoms with Gasteiger partial charge in [0, 0.05) is 29.9 Å². The first-order valence-corrected chi connectivity index (χ1v) is 10.4. The van der Waals surface area contributed by atoms with E-state index in [1.807, 2.05) is 0 Å². The number of anilines is 1. The van der Waals surface area contributed by atoms with Crippen molar-refractivity contribution in [3.63, 3.8) is 0 Å². The van der Waals surface area contributed by atoms with E-state index in [0.29, 0.717) is 41.4 Å². The third kappa shape index (κ3) is 4.70. The molecule has 2 atom stereocenters. The van der Waals surface area contributed by atoms with E-state index in [2.05, 4.69) is 29.3 Å². The molecular formula is C22H27ClN2O3. The van der Waals surface area contributed by atoms with Gasteiger partial charge in [-0.05, 0) is 55.5 Å². The van der Waals surface area contributed by atoms with Crippen molar-refractivity contribution in [1.29, 1.82) is 0 Å². The van der Waals surface area contributed by atoms with Gasteiger partial charge < -0.3 is 14.5 Å². The third-order valence-electron chi connectivity index (χ3n) is 5.64. The highest BCUT2D eigenvalue weighted by Crippen LogP contribution is 2.47. The summed E-state index contributed by atoms with van der Waals surface area (Å²) in [5.41, 5.74) is 0.604. The average molecular weight is 403 g/mol. The SMILES string of the molecule is COc1ccc(Cl)cc1NC(=O)CCN(Cc1ccc(C2CC2C)o1)C1CC1. The van der Waals surface area contributed by atoms with Crippen molar-refractivity contribution in [3.8, 4) is 5.75 Å². The molecule has 1 amide bonds. The molecule has 2 unspecified atom stereocenters. The Hall–Kier alpha value is -1.98. The lowest BCUT2D eigenvalue weighted by molar-refractivity contribution is -0.116. The van der Waals surface area contributed by atoms with Gasteiger partial charge in [-0.1, -0.05) is 18.5 Å². The van der Waals surface area contributed by atoms with E-state index >= 15 is 0 Å². The van der Waals surface area contributed by atoms with Gasteiger partial charge in [0.15, 0.2) is 0 Å². The second-order valence-electron chi connectivity index (χ2n) is 7.97. The van der Waals surface area contributed by atoms with Crippen molar-refractivity contribution in [1.82, 2.24) is 4.90 Å². The number of ether oxygens (including phenoxy) is 1. The van der Waals surface area contributed by atoms with Crippen molar-refractivity contribution < 1.29 is 13.9 Å². The molecule has 2 saturated carbocycles.